The number of carbonyl (C=O) groups is 4. The van der Waals surface area contributed by atoms with E-state index in [1.165, 1.54) is 30.0 Å². The number of anilines is 1. The van der Waals surface area contributed by atoms with Gasteiger partial charge in [0.15, 0.2) is 18.1 Å². The van der Waals surface area contributed by atoms with Gasteiger partial charge < -0.3 is 29.7 Å². The largest absolute Gasteiger partial charge is 0.493 e. The number of amides is 4. The van der Waals surface area contributed by atoms with Crippen LogP contribution in [0.2, 0.25) is 0 Å². The number of carbonyl (C=O) groups excluding carboxylic acids is 4. The maximum Gasteiger partial charge on any atom is 0.264 e. The molecule has 1 fully saturated rings. The number of likely N-dealkylation sites (tertiary alicyclic amines) is 1. The maximum atomic E-state index is 12.8. The quantitative estimate of drug-likeness (QED) is 0.162. The van der Waals surface area contributed by atoms with E-state index in [2.05, 4.69) is 23.3 Å². The average molecular weight is 727 g/mol. The summed E-state index contributed by atoms with van der Waals surface area (Å²) < 4.78 is 43.4. The highest BCUT2D eigenvalue weighted by atomic mass is 32.2. The van der Waals surface area contributed by atoms with Gasteiger partial charge in [-0.1, -0.05) is 24.3 Å². The number of benzene rings is 3. The fourth-order valence-corrected chi connectivity index (χ4v) is 6.72. The molecule has 50 heavy (non-hydrogen) atoms. The SMILES string of the molecule is COc1ccc(CCCc2cccc(OCC(=O)NCCS(=O)(=O)NC(=O)c3cccc(NC(=O)C4CC(S)CN4C(C)=O)c3)c2)cc1OC. The summed E-state index contributed by atoms with van der Waals surface area (Å²) in [6.07, 6.45) is 2.89. The molecule has 2 unspecified atom stereocenters. The van der Waals surface area contributed by atoms with Gasteiger partial charge in [-0.15, -0.1) is 0 Å². The molecule has 0 aromatic heterocycles. The Kier molecular flexibility index (Phi) is 13.5. The van der Waals surface area contributed by atoms with Crippen LogP contribution in [0.25, 0.3) is 0 Å². The molecular formula is C35H42N4O9S2. The number of hydrogen-bond acceptors (Lipinski definition) is 10. The van der Waals surface area contributed by atoms with Crippen molar-refractivity contribution in [2.45, 2.75) is 43.9 Å². The Hall–Kier alpha value is -4.76. The first-order chi connectivity index (χ1) is 23.9. The molecule has 3 N–H and O–H groups in total. The second-order valence-electron chi connectivity index (χ2n) is 11.7. The second kappa shape index (κ2) is 17.8. The van der Waals surface area contributed by atoms with Crippen molar-refractivity contribution in [1.82, 2.24) is 14.9 Å². The molecule has 0 radical (unpaired) electrons. The molecule has 4 rings (SSSR count). The first-order valence-corrected chi connectivity index (χ1v) is 18.1. The van der Waals surface area contributed by atoms with Crippen LogP contribution >= 0.6 is 12.6 Å². The van der Waals surface area contributed by atoms with Crippen molar-refractivity contribution in [1.29, 1.82) is 0 Å². The van der Waals surface area contributed by atoms with Gasteiger partial charge >= 0.3 is 0 Å². The Labute approximate surface area is 297 Å². The molecule has 4 amide bonds. The van der Waals surface area contributed by atoms with Crippen molar-refractivity contribution in [3.8, 4) is 17.2 Å². The first kappa shape index (κ1) is 38.0. The number of ether oxygens (including phenoxy) is 3. The molecule has 0 saturated carbocycles. The molecule has 268 valence electrons. The molecule has 15 heteroatoms. The lowest BCUT2D eigenvalue weighted by molar-refractivity contribution is -0.134. The minimum Gasteiger partial charge on any atom is -0.493 e. The fourth-order valence-electron chi connectivity index (χ4n) is 5.47. The van der Waals surface area contributed by atoms with Crippen LogP contribution in [-0.2, 0) is 37.2 Å². The zero-order valence-electron chi connectivity index (χ0n) is 28.1. The van der Waals surface area contributed by atoms with Crippen LogP contribution in [0, 0.1) is 0 Å². The molecule has 1 aliphatic rings. The number of nitrogens with one attached hydrogen (secondary N) is 3. The third kappa shape index (κ3) is 11.1. The van der Waals surface area contributed by atoms with Crippen molar-refractivity contribution < 1.29 is 41.8 Å². The summed E-state index contributed by atoms with van der Waals surface area (Å²) in [5.41, 5.74) is 2.42. The van der Waals surface area contributed by atoms with Crippen LogP contribution in [0.4, 0.5) is 5.69 Å². The predicted molar refractivity (Wildman–Crippen MR) is 191 cm³/mol. The zero-order chi connectivity index (χ0) is 36.3. The van der Waals surface area contributed by atoms with E-state index in [4.69, 9.17) is 14.2 Å². The van der Waals surface area contributed by atoms with E-state index >= 15 is 0 Å². The van der Waals surface area contributed by atoms with E-state index in [1.807, 2.05) is 41.1 Å². The van der Waals surface area contributed by atoms with Gasteiger partial charge in [0, 0.05) is 36.5 Å². The van der Waals surface area contributed by atoms with Crippen LogP contribution in [0.3, 0.4) is 0 Å². The Balaban J connectivity index is 1.18. The number of sulfonamides is 1. The molecule has 1 saturated heterocycles. The van der Waals surface area contributed by atoms with E-state index in [1.54, 1.807) is 26.4 Å². The van der Waals surface area contributed by atoms with Crippen molar-refractivity contribution in [2.75, 3.05) is 45.0 Å². The molecule has 0 spiro atoms. The van der Waals surface area contributed by atoms with Crippen molar-refractivity contribution in [3.05, 3.63) is 83.4 Å². The summed E-state index contributed by atoms with van der Waals surface area (Å²) in [6.45, 7) is 1.15. The van der Waals surface area contributed by atoms with Gasteiger partial charge in [0.25, 0.3) is 11.8 Å². The highest BCUT2D eigenvalue weighted by Gasteiger charge is 2.37. The summed E-state index contributed by atoms with van der Waals surface area (Å²) in [5, 5.41) is 5.03. The molecular weight excluding hydrogens is 685 g/mol. The molecule has 2 atom stereocenters. The van der Waals surface area contributed by atoms with Gasteiger partial charge in [-0.05, 0) is 79.3 Å². The minimum atomic E-state index is -4.11. The van der Waals surface area contributed by atoms with Crippen LogP contribution < -0.4 is 29.6 Å². The number of nitrogens with zero attached hydrogens (tertiary/aromatic N) is 1. The Morgan fingerprint density at radius 1 is 0.920 bits per heavy atom. The predicted octanol–water partition coefficient (Wildman–Crippen LogP) is 2.99. The maximum absolute atomic E-state index is 12.8. The van der Waals surface area contributed by atoms with Gasteiger partial charge in [0.1, 0.15) is 11.8 Å². The van der Waals surface area contributed by atoms with E-state index in [9.17, 15) is 27.6 Å². The van der Waals surface area contributed by atoms with E-state index < -0.39 is 39.5 Å². The van der Waals surface area contributed by atoms with Crippen LogP contribution in [0.1, 0.15) is 41.3 Å². The number of methoxy groups -OCH3 is 2. The van der Waals surface area contributed by atoms with Crippen LogP contribution in [0.15, 0.2) is 66.7 Å². The van der Waals surface area contributed by atoms with Crippen molar-refractivity contribution in [3.63, 3.8) is 0 Å². The number of hydrogen-bond donors (Lipinski definition) is 4. The Morgan fingerprint density at radius 2 is 1.64 bits per heavy atom. The smallest absolute Gasteiger partial charge is 0.264 e. The van der Waals surface area contributed by atoms with Gasteiger partial charge in [0.2, 0.25) is 21.8 Å². The third-order valence-electron chi connectivity index (χ3n) is 7.97. The van der Waals surface area contributed by atoms with Gasteiger partial charge in [0.05, 0.1) is 20.0 Å². The summed E-state index contributed by atoms with van der Waals surface area (Å²) in [4.78, 5) is 51.3. The Morgan fingerprint density at radius 3 is 2.36 bits per heavy atom. The molecule has 3 aromatic carbocycles. The summed E-state index contributed by atoms with van der Waals surface area (Å²) in [5.74, 6) is -0.790. The topological polar surface area (TPSA) is 169 Å². The van der Waals surface area contributed by atoms with E-state index in [-0.39, 0.29) is 35.6 Å². The summed E-state index contributed by atoms with van der Waals surface area (Å²) >= 11 is 4.38. The number of aryl methyl sites for hydroxylation is 2. The minimum absolute atomic E-state index is 0.00563. The lowest BCUT2D eigenvalue weighted by Gasteiger charge is -2.22. The van der Waals surface area contributed by atoms with Gasteiger partial charge in [-0.3, -0.25) is 19.2 Å². The summed E-state index contributed by atoms with van der Waals surface area (Å²) in [6, 6.07) is 18.3. The number of rotatable bonds is 16. The fraction of sp³-hybridized carbons (Fsp3) is 0.371. The highest BCUT2D eigenvalue weighted by molar-refractivity contribution is 7.90. The molecule has 1 aliphatic heterocycles. The van der Waals surface area contributed by atoms with Gasteiger partial charge in [-0.2, -0.15) is 12.6 Å². The first-order valence-electron chi connectivity index (χ1n) is 16.0. The second-order valence-corrected chi connectivity index (χ2v) is 14.3. The Bertz CT molecular complexity index is 1800. The van der Waals surface area contributed by atoms with Crippen molar-refractivity contribution in [2.24, 2.45) is 0 Å². The summed E-state index contributed by atoms with van der Waals surface area (Å²) in [7, 11) is -0.916. The standard InChI is InChI=1S/C35H42N4O9S2/c1-23(40)39-21-29(49)20-30(39)35(43)37-27-11-6-10-26(19-27)34(42)38-50(44,45)16-15-36-33(41)22-48-28-12-5-9-24(17-28)7-4-8-25-13-14-31(46-2)32(18-25)47-3/h5-6,9-14,17-19,29-30,49H,4,7-8,15-16,20-22H2,1-3H3,(H,36,41)(H,37,43)(H,38,42). The average Bonchev–Trinajstić information content (AvgIpc) is 3.49. The lowest BCUT2D eigenvalue weighted by atomic mass is 10.0. The lowest BCUT2D eigenvalue weighted by Crippen LogP contribution is -2.42. The molecule has 0 aliphatic carbocycles. The van der Waals surface area contributed by atoms with E-state index in [0.29, 0.717) is 30.2 Å². The van der Waals surface area contributed by atoms with Crippen LogP contribution in [0.5, 0.6) is 17.2 Å². The molecule has 0 bridgehead atoms. The molecule has 3 aromatic rings. The normalized spacial score (nSPS) is 15.6. The van der Waals surface area contributed by atoms with E-state index in [0.717, 1.165) is 30.4 Å². The monoisotopic (exact) mass is 726 g/mol. The van der Waals surface area contributed by atoms with Crippen LogP contribution in [-0.4, -0.2) is 87.9 Å². The molecule has 1 heterocycles. The van der Waals surface area contributed by atoms with Crippen molar-refractivity contribution >= 4 is 52.0 Å². The zero-order valence-corrected chi connectivity index (χ0v) is 29.9. The van der Waals surface area contributed by atoms with Gasteiger partial charge in [-0.25, -0.2) is 13.1 Å². The molecule has 13 nitrogen and oxygen atoms in total. The highest BCUT2D eigenvalue weighted by Crippen LogP contribution is 2.28. The third-order valence-corrected chi connectivity index (χ3v) is 9.58. The number of thiol groups is 1.